The van der Waals surface area contributed by atoms with Crippen LogP contribution in [0, 0.1) is 5.41 Å². The van der Waals surface area contributed by atoms with Gasteiger partial charge in [-0.25, -0.2) is 0 Å². The molecule has 2 atom stereocenters. The molecule has 0 aliphatic carbocycles. The van der Waals surface area contributed by atoms with Crippen molar-refractivity contribution in [1.82, 2.24) is 4.90 Å². The van der Waals surface area contributed by atoms with Gasteiger partial charge in [-0.15, -0.1) is 0 Å². The summed E-state index contributed by atoms with van der Waals surface area (Å²) in [5.41, 5.74) is -0.250. The Balaban J connectivity index is 2.18. The lowest BCUT2D eigenvalue weighted by Crippen LogP contribution is -2.54. The summed E-state index contributed by atoms with van der Waals surface area (Å²) in [6, 6.07) is 4.93. The number of carbonyl (C=O) groups is 1. The first kappa shape index (κ1) is 17.5. The molecule has 0 radical (unpaired) electrons. The Labute approximate surface area is 140 Å². The number of benzene rings is 1. The van der Waals surface area contributed by atoms with E-state index in [1.807, 2.05) is 6.92 Å². The molecule has 6 heteroatoms. The minimum atomic E-state index is -0.753. The number of halogens is 2. The molecule has 2 N–H and O–H groups in total. The van der Waals surface area contributed by atoms with Crippen molar-refractivity contribution in [2.45, 2.75) is 32.3 Å². The van der Waals surface area contributed by atoms with Crippen LogP contribution in [0.15, 0.2) is 18.2 Å². The summed E-state index contributed by atoms with van der Waals surface area (Å²) in [4.78, 5) is 14.2. The lowest BCUT2D eigenvalue weighted by Gasteiger charge is -2.44. The van der Waals surface area contributed by atoms with Crippen molar-refractivity contribution in [1.29, 1.82) is 0 Å². The smallest absolute Gasteiger partial charge is 0.256 e. The normalized spacial score (nSPS) is 25.3. The first-order valence-electron chi connectivity index (χ1n) is 7.47. The number of rotatable bonds is 4. The molecule has 0 saturated carbocycles. The summed E-state index contributed by atoms with van der Waals surface area (Å²) in [5, 5.41) is 20.7. The predicted molar refractivity (Wildman–Crippen MR) is 87.4 cm³/mol. The second-order valence-electron chi connectivity index (χ2n) is 5.88. The first-order valence-corrected chi connectivity index (χ1v) is 8.23. The molecule has 122 valence electrons. The monoisotopic (exact) mass is 345 g/mol. The largest absolute Gasteiger partial charge is 0.396 e. The average molecular weight is 346 g/mol. The van der Waals surface area contributed by atoms with Gasteiger partial charge in [0.25, 0.3) is 5.91 Å². The second-order valence-corrected chi connectivity index (χ2v) is 6.70. The molecule has 1 heterocycles. The number of piperidine rings is 1. The number of aliphatic hydroxyl groups is 2. The van der Waals surface area contributed by atoms with Gasteiger partial charge in [0.1, 0.15) is 0 Å². The Morgan fingerprint density at radius 1 is 1.41 bits per heavy atom. The maximum absolute atomic E-state index is 12.6. The van der Waals surface area contributed by atoms with Gasteiger partial charge in [0.05, 0.1) is 28.3 Å². The van der Waals surface area contributed by atoms with Gasteiger partial charge < -0.3 is 15.1 Å². The Kier molecular flexibility index (Phi) is 5.72. The van der Waals surface area contributed by atoms with Crippen molar-refractivity contribution in [2.24, 2.45) is 5.41 Å². The molecule has 0 spiro atoms. The Hall–Kier alpha value is -0.810. The van der Waals surface area contributed by atoms with Gasteiger partial charge in [0.15, 0.2) is 0 Å². The third-order valence-electron chi connectivity index (χ3n) is 4.51. The molecule has 2 rings (SSSR count). The molecular formula is C16H21Cl2NO3. The quantitative estimate of drug-likeness (QED) is 0.881. The summed E-state index contributed by atoms with van der Waals surface area (Å²) in [6.45, 7) is 2.60. The number of amides is 1. The van der Waals surface area contributed by atoms with Crippen LogP contribution in [0.25, 0.3) is 0 Å². The van der Waals surface area contributed by atoms with E-state index in [1.165, 1.54) is 0 Å². The fraction of sp³-hybridized carbons (Fsp3) is 0.562. The number of likely N-dealkylation sites (tertiary alicyclic amines) is 1. The van der Waals surface area contributed by atoms with Crippen molar-refractivity contribution in [3.8, 4) is 0 Å². The molecule has 1 aliphatic rings. The zero-order valence-corrected chi connectivity index (χ0v) is 14.1. The lowest BCUT2D eigenvalue weighted by atomic mass is 9.73. The minimum Gasteiger partial charge on any atom is -0.396 e. The van der Waals surface area contributed by atoms with Crippen molar-refractivity contribution in [3.05, 3.63) is 33.8 Å². The van der Waals surface area contributed by atoms with Gasteiger partial charge in [0, 0.05) is 18.5 Å². The number of β-amino-alcohol motifs (C(OH)–C–C–N with tert-alkyl or cyclic N) is 1. The molecule has 0 bridgehead atoms. The van der Waals surface area contributed by atoms with Crippen LogP contribution < -0.4 is 0 Å². The van der Waals surface area contributed by atoms with E-state index in [2.05, 4.69) is 0 Å². The van der Waals surface area contributed by atoms with Gasteiger partial charge in [-0.05, 0) is 25.0 Å². The topological polar surface area (TPSA) is 60.8 Å². The van der Waals surface area contributed by atoms with Crippen LogP contribution in [-0.2, 0) is 0 Å². The van der Waals surface area contributed by atoms with E-state index >= 15 is 0 Å². The van der Waals surface area contributed by atoms with Gasteiger partial charge in [-0.2, -0.15) is 0 Å². The van der Waals surface area contributed by atoms with E-state index < -0.39 is 11.5 Å². The summed E-state index contributed by atoms with van der Waals surface area (Å²) in [6.07, 6.45) is 1.42. The van der Waals surface area contributed by atoms with Crippen LogP contribution in [0.3, 0.4) is 0 Å². The maximum atomic E-state index is 12.6. The second kappa shape index (κ2) is 7.18. The van der Waals surface area contributed by atoms with Crippen molar-refractivity contribution in [3.63, 3.8) is 0 Å². The molecule has 0 aromatic heterocycles. The Morgan fingerprint density at radius 3 is 2.55 bits per heavy atom. The first-order chi connectivity index (χ1) is 10.4. The van der Waals surface area contributed by atoms with Crippen LogP contribution in [0.1, 0.15) is 36.5 Å². The Morgan fingerprint density at radius 2 is 2.05 bits per heavy atom. The molecule has 1 fully saturated rings. The summed E-state index contributed by atoms with van der Waals surface area (Å²) < 4.78 is 0. The molecule has 4 nitrogen and oxygen atoms in total. The highest BCUT2D eigenvalue weighted by Crippen LogP contribution is 2.37. The van der Waals surface area contributed by atoms with E-state index in [4.69, 9.17) is 23.2 Å². The minimum absolute atomic E-state index is 0.0725. The molecule has 0 unspecified atom stereocenters. The van der Waals surface area contributed by atoms with Crippen LogP contribution in [0.2, 0.25) is 10.0 Å². The maximum Gasteiger partial charge on any atom is 0.256 e. The third-order valence-corrected chi connectivity index (χ3v) is 5.14. The number of aliphatic hydroxyl groups excluding tert-OH is 2. The molecule has 1 aromatic carbocycles. The van der Waals surface area contributed by atoms with Gasteiger partial charge in [0.2, 0.25) is 0 Å². The van der Waals surface area contributed by atoms with Crippen molar-refractivity contribution < 1.29 is 15.0 Å². The number of hydrogen-bond donors (Lipinski definition) is 2. The average Bonchev–Trinajstić information content (AvgIpc) is 2.49. The van der Waals surface area contributed by atoms with E-state index in [0.29, 0.717) is 23.0 Å². The fourth-order valence-electron chi connectivity index (χ4n) is 3.12. The van der Waals surface area contributed by atoms with Gasteiger partial charge in [-0.1, -0.05) is 42.6 Å². The highest BCUT2D eigenvalue weighted by molar-refractivity contribution is 6.39. The summed E-state index contributed by atoms with van der Waals surface area (Å²) >= 11 is 12.2. The molecule has 22 heavy (non-hydrogen) atoms. The highest BCUT2D eigenvalue weighted by Gasteiger charge is 2.42. The molecule has 1 aliphatic heterocycles. The van der Waals surface area contributed by atoms with Crippen LogP contribution in [0.4, 0.5) is 0 Å². The standard InChI is InChI=1S/C16H21Cl2NO3/c1-2-6-16(10-20)7-8-19(9-13(16)21)15(22)14-11(17)4-3-5-12(14)18/h3-5,13,20-21H,2,6-10H2,1H3/t13-,16-/m1/s1. The number of carbonyl (C=O) groups excluding carboxylic acids is 1. The van der Waals surface area contributed by atoms with Crippen molar-refractivity contribution in [2.75, 3.05) is 19.7 Å². The van der Waals surface area contributed by atoms with E-state index in [-0.39, 0.29) is 24.6 Å². The zero-order chi connectivity index (χ0) is 16.3. The lowest BCUT2D eigenvalue weighted by molar-refractivity contribution is -0.0713. The molecule has 1 amide bonds. The van der Waals surface area contributed by atoms with Crippen LogP contribution in [-0.4, -0.2) is 46.8 Å². The highest BCUT2D eigenvalue weighted by atomic mass is 35.5. The number of hydrogen-bond acceptors (Lipinski definition) is 3. The molecule has 1 saturated heterocycles. The fourth-order valence-corrected chi connectivity index (χ4v) is 3.67. The van der Waals surface area contributed by atoms with E-state index in [9.17, 15) is 15.0 Å². The van der Waals surface area contributed by atoms with Crippen molar-refractivity contribution >= 4 is 29.1 Å². The zero-order valence-electron chi connectivity index (χ0n) is 12.6. The number of nitrogens with zero attached hydrogens (tertiary/aromatic N) is 1. The van der Waals surface area contributed by atoms with E-state index in [1.54, 1.807) is 23.1 Å². The van der Waals surface area contributed by atoms with E-state index in [0.717, 1.165) is 12.8 Å². The SMILES string of the molecule is CCC[C@]1(CO)CCN(C(=O)c2c(Cl)cccc2Cl)C[C@H]1O. The molecule has 1 aromatic rings. The summed E-state index contributed by atoms with van der Waals surface area (Å²) in [5.74, 6) is -0.280. The van der Waals surface area contributed by atoms with Gasteiger partial charge in [-0.3, -0.25) is 4.79 Å². The Bertz CT molecular complexity index is 532. The predicted octanol–water partition coefficient (Wildman–Crippen LogP) is 2.98. The van der Waals surface area contributed by atoms with Crippen LogP contribution >= 0.6 is 23.2 Å². The third kappa shape index (κ3) is 3.25. The van der Waals surface area contributed by atoms with Crippen LogP contribution in [0.5, 0.6) is 0 Å². The summed E-state index contributed by atoms with van der Waals surface area (Å²) in [7, 11) is 0. The molecular weight excluding hydrogens is 325 g/mol. The van der Waals surface area contributed by atoms with Gasteiger partial charge >= 0.3 is 0 Å².